The van der Waals surface area contributed by atoms with Crippen LogP contribution in [0.1, 0.15) is 0 Å². The van der Waals surface area contributed by atoms with Gasteiger partial charge in [-0.1, -0.05) is 12.1 Å². The summed E-state index contributed by atoms with van der Waals surface area (Å²) >= 11 is 0. The van der Waals surface area contributed by atoms with Gasteiger partial charge >= 0.3 is 0 Å². The van der Waals surface area contributed by atoms with Gasteiger partial charge in [-0.3, -0.25) is 9.89 Å². The van der Waals surface area contributed by atoms with Gasteiger partial charge in [0.05, 0.1) is 5.39 Å². The van der Waals surface area contributed by atoms with E-state index in [4.69, 9.17) is 4.42 Å². The third-order valence-electron chi connectivity index (χ3n) is 2.40. The van der Waals surface area contributed by atoms with E-state index in [0.29, 0.717) is 22.4 Å². The minimum Gasteiger partial charge on any atom is -0.454 e. The quantitative estimate of drug-likeness (QED) is 0.672. The van der Waals surface area contributed by atoms with E-state index in [9.17, 15) is 4.79 Å². The molecule has 0 amide bonds. The molecular weight excluding hydrogens is 204 g/mol. The Kier molecular flexibility index (Phi) is 1.86. The van der Waals surface area contributed by atoms with Gasteiger partial charge in [0.2, 0.25) is 0 Å². The number of nitrogens with zero attached hydrogens (tertiary/aromatic N) is 1. The van der Waals surface area contributed by atoms with Gasteiger partial charge in [0.1, 0.15) is 11.3 Å². The van der Waals surface area contributed by atoms with Crippen molar-refractivity contribution in [3.63, 3.8) is 0 Å². The number of para-hydroxylation sites is 1. The van der Waals surface area contributed by atoms with Crippen LogP contribution in [0.25, 0.3) is 22.4 Å². The number of fused-ring (bicyclic) bond motifs is 1. The normalized spacial score (nSPS) is 10.8. The molecule has 0 aliphatic carbocycles. The Balaban J connectivity index is 2.34. The van der Waals surface area contributed by atoms with E-state index in [0.717, 1.165) is 0 Å². The molecule has 3 aromatic rings. The number of aromatic nitrogens is 2. The molecule has 1 N–H and O–H groups in total. The van der Waals surface area contributed by atoms with E-state index in [-0.39, 0.29) is 5.43 Å². The summed E-state index contributed by atoms with van der Waals surface area (Å²) in [4.78, 5) is 11.8. The molecule has 0 aliphatic rings. The van der Waals surface area contributed by atoms with Crippen molar-refractivity contribution >= 4 is 11.0 Å². The van der Waals surface area contributed by atoms with Crippen LogP contribution < -0.4 is 5.43 Å². The highest BCUT2D eigenvalue weighted by atomic mass is 16.3. The van der Waals surface area contributed by atoms with Crippen LogP contribution in [0.2, 0.25) is 0 Å². The lowest BCUT2D eigenvalue weighted by molar-refractivity contribution is 0.616. The molecule has 0 aliphatic heterocycles. The maximum Gasteiger partial charge on any atom is 0.193 e. The van der Waals surface area contributed by atoms with Gasteiger partial charge in [-0.05, 0) is 18.2 Å². The SMILES string of the molecule is O=c1cc(-c2ccn[nH]2)oc2ccccc12. The van der Waals surface area contributed by atoms with Gasteiger partial charge in [0, 0.05) is 12.3 Å². The van der Waals surface area contributed by atoms with Crippen molar-refractivity contribution < 1.29 is 4.42 Å². The molecule has 1 aromatic carbocycles. The average Bonchev–Trinajstić information content (AvgIpc) is 2.82. The summed E-state index contributed by atoms with van der Waals surface area (Å²) < 4.78 is 5.62. The van der Waals surface area contributed by atoms with E-state index in [2.05, 4.69) is 10.2 Å². The minimum atomic E-state index is -0.0496. The number of H-pyrrole nitrogens is 1. The van der Waals surface area contributed by atoms with Crippen molar-refractivity contribution in [1.29, 1.82) is 0 Å². The highest BCUT2D eigenvalue weighted by molar-refractivity contribution is 5.77. The molecule has 2 heterocycles. The van der Waals surface area contributed by atoms with Crippen molar-refractivity contribution in [1.82, 2.24) is 10.2 Å². The molecular formula is C12H8N2O2. The first-order valence-electron chi connectivity index (χ1n) is 4.87. The lowest BCUT2D eigenvalue weighted by Gasteiger charge is -1.99. The van der Waals surface area contributed by atoms with E-state index in [1.54, 1.807) is 24.4 Å². The molecule has 2 aromatic heterocycles. The topological polar surface area (TPSA) is 58.9 Å². The first-order chi connectivity index (χ1) is 7.84. The molecule has 0 saturated carbocycles. The van der Waals surface area contributed by atoms with Crippen LogP contribution in [0, 0.1) is 0 Å². The fourth-order valence-electron chi connectivity index (χ4n) is 1.63. The number of rotatable bonds is 1. The average molecular weight is 212 g/mol. The predicted molar refractivity (Wildman–Crippen MR) is 60.1 cm³/mol. The molecule has 0 unspecified atom stereocenters. The molecule has 0 atom stereocenters. The summed E-state index contributed by atoms with van der Waals surface area (Å²) in [5.41, 5.74) is 1.23. The lowest BCUT2D eigenvalue weighted by atomic mass is 10.2. The predicted octanol–water partition coefficient (Wildman–Crippen LogP) is 2.18. The fraction of sp³-hybridized carbons (Fsp3) is 0. The van der Waals surface area contributed by atoms with Gasteiger partial charge < -0.3 is 4.42 Å². The van der Waals surface area contributed by atoms with Crippen molar-refractivity contribution in [2.75, 3.05) is 0 Å². The zero-order valence-corrected chi connectivity index (χ0v) is 8.31. The molecule has 0 bridgehead atoms. The van der Waals surface area contributed by atoms with Crippen LogP contribution in [-0.4, -0.2) is 10.2 Å². The summed E-state index contributed by atoms with van der Waals surface area (Å²) in [7, 11) is 0. The van der Waals surface area contributed by atoms with Crippen LogP contribution in [0.5, 0.6) is 0 Å². The third kappa shape index (κ3) is 1.32. The van der Waals surface area contributed by atoms with Crippen LogP contribution in [-0.2, 0) is 0 Å². The lowest BCUT2D eigenvalue weighted by Crippen LogP contribution is -1.99. The zero-order valence-electron chi connectivity index (χ0n) is 8.31. The highest BCUT2D eigenvalue weighted by Gasteiger charge is 2.06. The summed E-state index contributed by atoms with van der Waals surface area (Å²) in [6.45, 7) is 0. The maximum atomic E-state index is 11.8. The largest absolute Gasteiger partial charge is 0.454 e. The monoisotopic (exact) mass is 212 g/mol. The van der Waals surface area contributed by atoms with Gasteiger partial charge in [0.25, 0.3) is 0 Å². The Labute approximate surface area is 90.5 Å². The second-order valence-corrected chi connectivity index (χ2v) is 3.44. The second kappa shape index (κ2) is 3.34. The molecule has 0 spiro atoms. The van der Waals surface area contributed by atoms with Gasteiger partial charge in [-0.15, -0.1) is 0 Å². The van der Waals surface area contributed by atoms with E-state index in [1.165, 1.54) is 6.07 Å². The van der Waals surface area contributed by atoms with Gasteiger partial charge in [-0.2, -0.15) is 5.10 Å². The fourth-order valence-corrected chi connectivity index (χ4v) is 1.63. The van der Waals surface area contributed by atoms with Crippen molar-refractivity contribution in [2.45, 2.75) is 0 Å². The number of hydrogen-bond acceptors (Lipinski definition) is 3. The number of benzene rings is 1. The van der Waals surface area contributed by atoms with Crippen LogP contribution in [0.15, 0.2) is 51.8 Å². The van der Waals surface area contributed by atoms with Crippen LogP contribution >= 0.6 is 0 Å². The van der Waals surface area contributed by atoms with Crippen molar-refractivity contribution in [3.8, 4) is 11.5 Å². The molecule has 3 rings (SSSR count). The minimum absolute atomic E-state index is 0.0496. The molecule has 0 saturated heterocycles. The Morgan fingerprint density at radius 2 is 2.06 bits per heavy atom. The zero-order chi connectivity index (χ0) is 11.0. The number of nitrogens with one attached hydrogen (secondary N) is 1. The molecule has 16 heavy (non-hydrogen) atoms. The maximum absolute atomic E-state index is 11.8. The molecule has 4 nitrogen and oxygen atoms in total. The summed E-state index contributed by atoms with van der Waals surface area (Å²) in [5.74, 6) is 0.501. The highest BCUT2D eigenvalue weighted by Crippen LogP contribution is 2.19. The Morgan fingerprint density at radius 1 is 1.19 bits per heavy atom. The first-order valence-corrected chi connectivity index (χ1v) is 4.87. The Morgan fingerprint density at radius 3 is 2.88 bits per heavy atom. The molecule has 0 radical (unpaired) electrons. The van der Waals surface area contributed by atoms with Crippen LogP contribution in [0.3, 0.4) is 0 Å². The van der Waals surface area contributed by atoms with Crippen molar-refractivity contribution in [3.05, 3.63) is 52.8 Å². The standard InChI is InChI=1S/C12H8N2O2/c15-10-7-12(9-5-6-13-14-9)16-11-4-2-1-3-8(10)11/h1-7H,(H,13,14). The Hall–Kier alpha value is -2.36. The van der Waals surface area contributed by atoms with Gasteiger partial charge in [-0.25, -0.2) is 0 Å². The van der Waals surface area contributed by atoms with E-state index < -0.39 is 0 Å². The number of hydrogen-bond donors (Lipinski definition) is 1. The number of aromatic amines is 1. The Bertz CT molecular complexity index is 684. The summed E-state index contributed by atoms with van der Waals surface area (Å²) in [6.07, 6.45) is 1.62. The van der Waals surface area contributed by atoms with Crippen molar-refractivity contribution in [2.24, 2.45) is 0 Å². The summed E-state index contributed by atoms with van der Waals surface area (Å²) in [6, 6.07) is 10.4. The molecule has 4 heteroatoms. The smallest absolute Gasteiger partial charge is 0.193 e. The molecule has 78 valence electrons. The van der Waals surface area contributed by atoms with Crippen LogP contribution in [0.4, 0.5) is 0 Å². The first kappa shape index (κ1) is 8.91. The summed E-state index contributed by atoms with van der Waals surface area (Å²) in [5, 5.41) is 7.17. The molecule has 0 fully saturated rings. The van der Waals surface area contributed by atoms with Gasteiger partial charge in [0.15, 0.2) is 11.2 Å². The third-order valence-corrected chi connectivity index (χ3v) is 2.40. The van der Waals surface area contributed by atoms with E-state index >= 15 is 0 Å². The van der Waals surface area contributed by atoms with E-state index in [1.807, 2.05) is 12.1 Å². The second-order valence-electron chi connectivity index (χ2n) is 3.44.